The number of aliphatic hydroxyl groups excluding tert-OH is 2. The van der Waals surface area contributed by atoms with Crippen LogP contribution in [0.2, 0.25) is 0 Å². The highest BCUT2D eigenvalue weighted by atomic mass is 16.3. The highest BCUT2D eigenvalue weighted by Gasteiger charge is 2.21. The molecule has 0 aromatic carbocycles. The van der Waals surface area contributed by atoms with Gasteiger partial charge in [-0.2, -0.15) is 0 Å². The Labute approximate surface area is 90.1 Å². The van der Waals surface area contributed by atoms with Crippen LogP contribution in [0.5, 0.6) is 0 Å². The average Bonchev–Trinajstić information content (AvgIpc) is 2.70. The molecular weight excluding hydrogens is 196 g/mol. The molecule has 0 radical (unpaired) electrons. The molecule has 1 saturated heterocycles. The highest BCUT2D eigenvalue weighted by molar-refractivity contribution is 5.76. The number of hydrogen-bond acceptors (Lipinski definition) is 4. The van der Waals surface area contributed by atoms with Crippen LogP contribution in [0.15, 0.2) is 0 Å². The van der Waals surface area contributed by atoms with Crippen molar-refractivity contribution in [2.45, 2.75) is 12.8 Å². The predicted octanol–water partition coefficient (Wildman–Crippen LogP) is -1.20. The molecule has 1 unspecified atom stereocenters. The van der Waals surface area contributed by atoms with Crippen LogP contribution in [-0.2, 0) is 4.79 Å². The molecule has 15 heavy (non-hydrogen) atoms. The van der Waals surface area contributed by atoms with Crippen molar-refractivity contribution in [1.82, 2.24) is 10.2 Å². The van der Waals surface area contributed by atoms with Crippen molar-refractivity contribution in [3.05, 3.63) is 0 Å². The Bertz CT molecular complexity index is 187. The first-order valence-corrected chi connectivity index (χ1v) is 5.48. The second-order valence-electron chi connectivity index (χ2n) is 3.89. The lowest BCUT2D eigenvalue weighted by Gasteiger charge is -2.22. The molecule has 88 valence electrons. The molecule has 1 aliphatic rings. The van der Waals surface area contributed by atoms with Crippen LogP contribution in [0.1, 0.15) is 12.8 Å². The minimum atomic E-state index is -0.0470. The molecule has 1 aliphatic heterocycles. The van der Waals surface area contributed by atoms with Crippen molar-refractivity contribution in [3.63, 3.8) is 0 Å². The molecule has 5 heteroatoms. The van der Waals surface area contributed by atoms with Gasteiger partial charge in [0, 0.05) is 19.5 Å². The van der Waals surface area contributed by atoms with Gasteiger partial charge in [-0.1, -0.05) is 0 Å². The van der Waals surface area contributed by atoms with Crippen LogP contribution < -0.4 is 5.32 Å². The fraction of sp³-hybridized carbons (Fsp3) is 0.900. The summed E-state index contributed by atoms with van der Waals surface area (Å²) < 4.78 is 0. The van der Waals surface area contributed by atoms with Crippen LogP contribution in [-0.4, -0.2) is 60.4 Å². The van der Waals surface area contributed by atoms with Gasteiger partial charge in [0.25, 0.3) is 0 Å². The fourth-order valence-corrected chi connectivity index (χ4v) is 1.87. The molecule has 5 nitrogen and oxygen atoms in total. The molecule has 1 atom stereocenters. The van der Waals surface area contributed by atoms with Crippen LogP contribution in [0, 0.1) is 5.92 Å². The number of amides is 1. The number of rotatable bonds is 6. The monoisotopic (exact) mass is 216 g/mol. The van der Waals surface area contributed by atoms with Gasteiger partial charge < -0.3 is 20.4 Å². The molecule has 1 rings (SSSR count). The van der Waals surface area contributed by atoms with Gasteiger partial charge in [-0.05, 0) is 25.4 Å². The van der Waals surface area contributed by atoms with E-state index in [1.54, 1.807) is 0 Å². The normalized spacial score (nSPS) is 20.5. The first kappa shape index (κ1) is 12.4. The average molecular weight is 216 g/mol. The fourth-order valence-electron chi connectivity index (χ4n) is 1.87. The topological polar surface area (TPSA) is 72.8 Å². The SMILES string of the molecule is O=C(CC1CCNC1)N(CCO)CCO. The van der Waals surface area contributed by atoms with Crippen molar-refractivity contribution in [2.24, 2.45) is 5.92 Å². The Morgan fingerprint density at radius 2 is 2.00 bits per heavy atom. The van der Waals surface area contributed by atoms with E-state index in [0.717, 1.165) is 19.5 Å². The molecule has 0 aromatic rings. The Morgan fingerprint density at radius 1 is 1.33 bits per heavy atom. The minimum Gasteiger partial charge on any atom is -0.395 e. The van der Waals surface area contributed by atoms with Gasteiger partial charge in [-0.15, -0.1) is 0 Å². The van der Waals surface area contributed by atoms with Crippen LogP contribution in [0.4, 0.5) is 0 Å². The minimum absolute atomic E-state index is 0.0341. The lowest BCUT2D eigenvalue weighted by Crippen LogP contribution is -2.37. The highest BCUT2D eigenvalue weighted by Crippen LogP contribution is 2.13. The van der Waals surface area contributed by atoms with E-state index in [2.05, 4.69) is 5.32 Å². The molecule has 0 saturated carbocycles. The van der Waals surface area contributed by atoms with Crippen molar-refractivity contribution in [3.8, 4) is 0 Å². The van der Waals surface area contributed by atoms with E-state index in [4.69, 9.17) is 10.2 Å². The molecule has 1 heterocycles. The Hall–Kier alpha value is -0.650. The molecule has 3 N–H and O–H groups in total. The van der Waals surface area contributed by atoms with Crippen molar-refractivity contribution in [1.29, 1.82) is 0 Å². The van der Waals surface area contributed by atoms with E-state index in [9.17, 15) is 4.79 Å². The Kier molecular flexibility index (Phi) is 5.60. The molecule has 1 amide bonds. The summed E-state index contributed by atoms with van der Waals surface area (Å²) in [7, 11) is 0. The molecule has 0 spiro atoms. The second-order valence-corrected chi connectivity index (χ2v) is 3.89. The van der Waals surface area contributed by atoms with Crippen LogP contribution in [0.25, 0.3) is 0 Å². The maximum absolute atomic E-state index is 11.8. The zero-order chi connectivity index (χ0) is 11.1. The third kappa shape index (κ3) is 4.15. The zero-order valence-corrected chi connectivity index (χ0v) is 8.98. The number of hydrogen-bond donors (Lipinski definition) is 3. The first-order chi connectivity index (χ1) is 7.27. The summed E-state index contributed by atoms with van der Waals surface area (Å²) in [6.45, 7) is 2.43. The summed E-state index contributed by atoms with van der Waals surface area (Å²) in [6, 6.07) is 0. The van der Waals surface area contributed by atoms with Gasteiger partial charge in [0.05, 0.1) is 13.2 Å². The largest absolute Gasteiger partial charge is 0.395 e. The lowest BCUT2D eigenvalue weighted by molar-refractivity contribution is -0.133. The predicted molar refractivity (Wildman–Crippen MR) is 56.3 cm³/mol. The van der Waals surface area contributed by atoms with E-state index in [1.807, 2.05) is 0 Å². The van der Waals surface area contributed by atoms with Crippen molar-refractivity contribution < 1.29 is 15.0 Å². The molecule has 0 bridgehead atoms. The molecular formula is C10H20N2O3. The number of nitrogens with one attached hydrogen (secondary N) is 1. The molecule has 0 aromatic heterocycles. The number of nitrogens with zero attached hydrogens (tertiary/aromatic N) is 1. The van der Waals surface area contributed by atoms with Crippen LogP contribution >= 0.6 is 0 Å². The van der Waals surface area contributed by atoms with E-state index in [1.165, 1.54) is 4.90 Å². The summed E-state index contributed by atoms with van der Waals surface area (Å²) >= 11 is 0. The quantitative estimate of drug-likeness (QED) is 0.521. The van der Waals surface area contributed by atoms with Gasteiger partial charge in [0.1, 0.15) is 0 Å². The van der Waals surface area contributed by atoms with Crippen molar-refractivity contribution >= 4 is 5.91 Å². The number of carbonyl (C=O) groups is 1. The summed E-state index contributed by atoms with van der Waals surface area (Å²) in [5, 5.41) is 20.8. The maximum Gasteiger partial charge on any atom is 0.223 e. The van der Waals surface area contributed by atoms with E-state index >= 15 is 0 Å². The van der Waals surface area contributed by atoms with E-state index in [-0.39, 0.29) is 19.1 Å². The number of carbonyl (C=O) groups excluding carboxylic acids is 1. The third-order valence-corrected chi connectivity index (χ3v) is 2.72. The van der Waals surface area contributed by atoms with Crippen LogP contribution in [0.3, 0.4) is 0 Å². The van der Waals surface area contributed by atoms with Crippen molar-refractivity contribution in [2.75, 3.05) is 39.4 Å². The molecule has 1 fully saturated rings. The summed E-state index contributed by atoms with van der Waals surface area (Å²) in [5.41, 5.74) is 0. The van der Waals surface area contributed by atoms with Gasteiger partial charge in [0.2, 0.25) is 5.91 Å². The maximum atomic E-state index is 11.8. The second kappa shape index (κ2) is 6.76. The number of aliphatic hydroxyl groups is 2. The summed E-state index contributed by atoms with van der Waals surface area (Å²) in [6.07, 6.45) is 1.56. The molecule has 0 aliphatic carbocycles. The van der Waals surface area contributed by atoms with Gasteiger partial charge in [-0.25, -0.2) is 0 Å². The van der Waals surface area contributed by atoms with Gasteiger partial charge in [-0.3, -0.25) is 4.79 Å². The summed E-state index contributed by atoms with van der Waals surface area (Å²) in [4.78, 5) is 13.3. The Morgan fingerprint density at radius 3 is 2.47 bits per heavy atom. The van der Waals surface area contributed by atoms with Gasteiger partial charge in [0.15, 0.2) is 0 Å². The first-order valence-electron chi connectivity index (χ1n) is 5.48. The van der Waals surface area contributed by atoms with E-state index in [0.29, 0.717) is 25.4 Å². The zero-order valence-electron chi connectivity index (χ0n) is 8.98. The lowest BCUT2D eigenvalue weighted by atomic mass is 10.0. The standard InChI is InChI=1S/C10H20N2O3/c13-5-3-12(4-6-14)10(15)7-9-1-2-11-8-9/h9,11,13-14H,1-8H2. The van der Waals surface area contributed by atoms with E-state index < -0.39 is 0 Å². The smallest absolute Gasteiger partial charge is 0.223 e. The van der Waals surface area contributed by atoms with Gasteiger partial charge >= 0.3 is 0 Å². The Balaban J connectivity index is 2.33. The third-order valence-electron chi connectivity index (χ3n) is 2.72. The summed E-state index contributed by atoms with van der Waals surface area (Å²) in [5.74, 6) is 0.448.